The van der Waals surface area contributed by atoms with Crippen molar-refractivity contribution in [2.24, 2.45) is 4.99 Å². The third-order valence-electron chi connectivity index (χ3n) is 16.4. The fraction of sp³-hybridized carbons (Fsp3) is 0.463. The van der Waals surface area contributed by atoms with Crippen LogP contribution in [-0.2, 0) is 5.41 Å². The van der Waals surface area contributed by atoms with Crippen molar-refractivity contribution in [3.63, 3.8) is 0 Å². The van der Waals surface area contributed by atoms with Crippen LogP contribution < -0.4 is 4.74 Å². The summed E-state index contributed by atoms with van der Waals surface area (Å²) in [6.45, 7) is 20.8. The summed E-state index contributed by atoms with van der Waals surface area (Å²) in [6, 6.07) is 38.1. The summed E-state index contributed by atoms with van der Waals surface area (Å²) in [5.74, 6) is 1.38. The van der Waals surface area contributed by atoms with Crippen molar-refractivity contribution in [1.82, 2.24) is 39.2 Å². The SMILES string of the molecule is C.C.CC(=S)N1CCN(C)CC1.CCCOc1cc2c(cc1C)C(=O)N1CCC[C@H]1C=N2.CN1CCN(C(=S)SCCC(C#N)(c2ccccc2)c2ccccc2)CC1.CSC(=S)N1CCN(CCN2C(=O)c3cccc4cccc(c34)C2=O)CC1. The van der Waals surface area contributed by atoms with Crippen LogP contribution in [0.3, 0.4) is 0 Å². The van der Waals surface area contributed by atoms with Gasteiger partial charge in [0.05, 0.1) is 35.0 Å². The van der Waals surface area contributed by atoms with E-state index >= 15 is 0 Å². The number of aliphatic imine (C=N–C) groups is 1. The third kappa shape index (κ3) is 17.3. The molecule has 5 aromatic carbocycles. The number of ether oxygens (including phenoxy) is 1. The zero-order chi connectivity index (χ0) is 59.8. The van der Waals surface area contributed by atoms with Gasteiger partial charge in [-0.1, -0.05) is 155 Å². The number of nitrogens with zero attached hydrogens (tertiary/aromatic N) is 10. The maximum absolute atomic E-state index is 12.9. The normalized spacial score (nSPS) is 17.6. The number of carbonyl (C=O) groups excluding carboxylic acids is 3. The molecule has 0 bridgehead atoms. The minimum absolute atomic E-state index is 0. The van der Waals surface area contributed by atoms with Gasteiger partial charge in [-0.05, 0) is 100 Å². The second-order valence-corrected chi connectivity index (χ2v) is 25.7. The number of nitriles is 1. The monoisotopic (exact) mass is 1260 g/mol. The number of hydrogen-bond acceptors (Lipinski definition) is 14. The number of likely N-dealkylation sites (N-methyl/N-ethyl adjacent to an activating group) is 2. The van der Waals surface area contributed by atoms with E-state index in [4.69, 9.17) is 41.4 Å². The number of amides is 3. The van der Waals surface area contributed by atoms with Gasteiger partial charge in [0.2, 0.25) is 0 Å². The summed E-state index contributed by atoms with van der Waals surface area (Å²) in [5, 5.41) is 11.9. The molecule has 3 amide bonds. The van der Waals surface area contributed by atoms with Crippen molar-refractivity contribution < 1.29 is 19.1 Å². The lowest BCUT2D eigenvalue weighted by Gasteiger charge is -2.36. The highest BCUT2D eigenvalue weighted by Gasteiger charge is 2.36. The summed E-state index contributed by atoms with van der Waals surface area (Å²) in [4.78, 5) is 61.1. The molecule has 0 radical (unpaired) electrons. The van der Waals surface area contributed by atoms with E-state index in [-0.39, 0.29) is 38.6 Å². The first-order chi connectivity index (χ1) is 40.7. The summed E-state index contributed by atoms with van der Waals surface area (Å²) < 4.78 is 7.61. The number of thioether (sulfide) groups is 2. The van der Waals surface area contributed by atoms with Gasteiger partial charge in [-0.25, -0.2) is 0 Å². The Morgan fingerprint density at radius 3 is 1.77 bits per heavy atom. The lowest BCUT2D eigenvalue weighted by Crippen LogP contribution is -2.51. The number of aryl methyl sites for hydroxylation is 1. The van der Waals surface area contributed by atoms with Crippen LogP contribution in [0.15, 0.2) is 114 Å². The van der Waals surface area contributed by atoms with Crippen LogP contribution in [0.25, 0.3) is 10.8 Å². The van der Waals surface area contributed by atoms with E-state index in [0.717, 1.165) is 169 Å². The molecule has 6 aliphatic heterocycles. The number of rotatable bonds is 11. The molecule has 11 rings (SSSR count). The summed E-state index contributed by atoms with van der Waals surface area (Å²) in [6.07, 6.45) is 7.69. The zero-order valence-electron chi connectivity index (χ0n) is 49.5. The first kappa shape index (κ1) is 69.3. The van der Waals surface area contributed by atoms with E-state index in [1.807, 2.05) is 116 Å². The van der Waals surface area contributed by atoms with Crippen LogP contribution >= 0.6 is 60.2 Å². The quantitative estimate of drug-likeness (QED) is 0.0920. The maximum Gasteiger partial charge on any atom is 0.261 e. The molecule has 0 unspecified atom stereocenters. The van der Waals surface area contributed by atoms with Gasteiger partial charge in [0, 0.05) is 133 Å². The Kier molecular flexibility index (Phi) is 27.0. The van der Waals surface area contributed by atoms with Crippen molar-refractivity contribution in [2.45, 2.75) is 72.8 Å². The van der Waals surface area contributed by atoms with Gasteiger partial charge in [-0.15, -0.1) is 11.8 Å². The van der Waals surface area contributed by atoms with Gasteiger partial charge >= 0.3 is 0 Å². The molecule has 4 fully saturated rings. The number of hydrogen-bond donors (Lipinski definition) is 0. The largest absolute Gasteiger partial charge is 0.493 e. The Balaban J connectivity index is 0.000000190. The van der Waals surface area contributed by atoms with Crippen molar-refractivity contribution in [3.05, 3.63) is 143 Å². The maximum atomic E-state index is 12.9. The van der Waals surface area contributed by atoms with Crippen molar-refractivity contribution in [2.75, 3.05) is 131 Å². The summed E-state index contributed by atoms with van der Waals surface area (Å²) >= 11 is 19.4. The lowest BCUT2D eigenvalue weighted by molar-refractivity contribution is 0.0583. The van der Waals surface area contributed by atoms with Gasteiger partial charge in [0.25, 0.3) is 17.7 Å². The van der Waals surface area contributed by atoms with Crippen molar-refractivity contribution in [3.8, 4) is 11.8 Å². The van der Waals surface area contributed by atoms with Crippen LogP contribution in [-0.4, -0.2) is 214 Å². The molecule has 14 nitrogen and oxygen atoms in total. The molecule has 0 aliphatic carbocycles. The number of fused-ring (bicyclic) bond motifs is 2. The second-order valence-electron chi connectivity index (χ2n) is 22.0. The van der Waals surface area contributed by atoms with E-state index < -0.39 is 5.41 Å². The van der Waals surface area contributed by atoms with E-state index in [1.54, 1.807) is 23.5 Å². The standard InChI is InChI=1S/C22H25N3S2.C20H21N3O2S2.C16H20N2O2.C7H14N2S.2CH4/c1-24-13-15-25(16-14-24)21(26)27-17-12-22(18-23,19-8-4-2-5-9-19)20-10-6-3-7-11-20;1-27-20(26)22-11-8-21(9-12-22)10-13-23-18(24)15-6-2-4-14-5-3-7-16(17(14)15)19(23)25;1-3-7-20-15-9-14-13(8-11(15)2)16(19)18-6-4-5-12(18)10-17-14;1-7(10)9-5-3-8(2)4-6-9;;/h2-11H,12-17H2,1H3;2-7H,8-13H2,1H3;8-10,12H,3-7H2,1-2H3;3-6H2,1-2H3;2*1H4/t;;12-;;;/m..0.../s1. The van der Waals surface area contributed by atoms with Crippen molar-refractivity contribution >= 4 is 114 Å². The third-order valence-corrected chi connectivity index (χ3v) is 19.5. The Morgan fingerprint density at radius 2 is 1.23 bits per heavy atom. The molecule has 0 aromatic heterocycles. The predicted molar refractivity (Wildman–Crippen MR) is 371 cm³/mol. The molecule has 0 saturated carbocycles. The van der Waals surface area contributed by atoms with Gasteiger partial charge in [-0.3, -0.25) is 29.2 Å². The van der Waals surface area contributed by atoms with Crippen LogP contribution in [0.5, 0.6) is 5.75 Å². The van der Waals surface area contributed by atoms with E-state index in [0.29, 0.717) is 36.4 Å². The number of thiocarbonyl (C=S) groups is 3. The lowest BCUT2D eigenvalue weighted by atomic mass is 9.74. The molecule has 4 saturated heterocycles. The molecular formula is C67H88N10O4S5. The minimum atomic E-state index is -0.646. The zero-order valence-corrected chi connectivity index (χ0v) is 53.6. The second kappa shape index (κ2) is 33.5. The highest BCUT2D eigenvalue weighted by atomic mass is 32.2. The van der Waals surface area contributed by atoms with E-state index in [2.05, 4.69) is 85.7 Å². The fourth-order valence-electron chi connectivity index (χ4n) is 11.2. The predicted octanol–water partition coefficient (Wildman–Crippen LogP) is 11.8. The molecule has 1 atom stereocenters. The summed E-state index contributed by atoms with van der Waals surface area (Å²) in [7, 11) is 4.30. The van der Waals surface area contributed by atoms with Gasteiger partial charge in [0.15, 0.2) is 0 Å². The van der Waals surface area contributed by atoms with Gasteiger partial charge in [-0.2, -0.15) is 5.26 Å². The molecule has 6 heterocycles. The number of piperazine rings is 3. The Morgan fingerprint density at radius 1 is 0.686 bits per heavy atom. The molecule has 0 N–H and O–H groups in total. The topological polar surface area (TPSA) is 123 Å². The highest BCUT2D eigenvalue weighted by molar-refractivity contribution is 8.23. The molecule has 6 aliphatic rings. The first-order valence-electron chi connectivity index (χ1n) is 29.3. The minimum Gasteiger partial charge on any atom is -0.493 e. The van der Waals surface area contributed by atoms with Crippen LogP contribution in [0.4, 0.5) is 5.69 Å². The average molecular weight is 1260 g/mol. The fourth-order valence-corrected chi connectivity index (χ4v) is 13.4. The molecule has 460 valence electrons. The van der Waals surface area contributed by atoms with Gasteiger partial charge < -0.3 is 34.1 Å². The van der Waals surface area contributed by atoms with E-state index in [9.17, 15) is 19.6 Å². The smallest absolute Gasteiger partial charge is 0.261 e. The summed E-state index contributed by atoms with van der Waals surface area (Å²) in [5.41, 5.74) is 5.13. The Bertz CT molecular complexity index is 3080. The molecule has 19 heteroatoms. The highest BCUT2D eigenvalue weighted by Crippen LogP contribution is 2.38. The van der Waals surface area contributed by atoms with Crippen molar-refractivity contribution in [1.29, 1.82) is 5.26 Å². The Labute approximate surface area is 537 Å². The van der Waals surface area contributed by atoms with Crippen LogP contribution in [0.1, 0.15) is 102 Å². The number of carbonyl (C=O) groups is 3. The molecule has 86 heavy (non-hydrogen) atoms. The molecular weight excluding hydrogens is 1170 g/mol. The number of benzene rings is 5. The van der Waals surface area contributed by atoms with E-state index in [1.165, 1.54) is 4.90 Å². The van der Waals surface area contributed by atoms with Gasteiger partial charge in [0.1, 0.15) is 19.8 Å². The van der Waals surface area contributed by atoms with Crippen LogP contribution in [0, 0.1) is 18.3 Å². The Hall–Kier alpha value is -5.82. The molecule has 5 aromatic rings. The first-order valence-corrected chi connectivity index (χ1v) is 32.7. The number of imide groups is 1. The molecule has 0 spiro atoms. The van der Waals surface area contributed by atoms with Crippen LogP contribution in [0.2, 0.25) is 0 Å². The average Bonchev–Trinajstić information content (AvgIpc) is 3.38.